The van der Waals surface area contributed by atoms with E-state index in [4.69, 9.17) is 9.31 Å². The van der Waals surface area contributed by atoms with Gasteiger partial charge in [0.15, 0.2) is 0 Å². The van der Waals surface area contributed by atoms with E-state index in [9.17, 15) is 9.59 Å². The monoisotopic (exact) mass is 185 g/mol. The summed E-state index contributed by atoms with van der Waals surface area (Å²) in [5, 5.41) is 0. The lowest BCUT2D eigenvalue weighted by Crippen LogP contribution is -2.42. The molecular weight excluding hydrogens is 173 g/mol. The van der Waals surface area contributed by atoms with Crippen LogP contribution >= 0.6 is 0 Å². The highest BCUT2D eigenvalue weighted by Crippen LogP contribution is 2.02. The van der Waals surface area contributed by atoms with Crippen molar-refractivity contribution in [2.24, 2.45) is 0 Å². The minimum Gasteiger partial charge on any atom is -0.498 e. The fraction of sp³-hybridized carbons (Fsp3) is 0.714. The molecule has 0 aromatic heterocycles. The van der Waals surface area contributed by atoms with Crippen molar-refractivity contribution in [2.75, 3.05) is 20.1 Å². The number of likely N-dealkylation sites (N-methyl/N-ethyl adjacent to an activating group) is 1. The van der Waals surface area contributed by atoms with Crippen molar-refractivity contribution in [3.63, 3.8) is 0 Å². The lowest BCUT2D eigenvalue weighted by Gasteiger charge is -2.21. The summed E-state index contributed by atoms with van der Waals surface area (Å²) >= 11 is 0. The Labute approximate surface area is 77.1 Å². The van der Waals surface area contributed by atoms with Crippen LogP contribution in [0.5, 0.6) is 0 Å². The summed E-state index contributed by atoms with van der Waals surface area (Å²) in [5.41, 5.74) is 0. The molecule has 1 rings (SSSR count). The summed E-state index contributed by atoms with van der Waals surface area (Å²) in [6, 6.07) is 0. The van der Waals surface area contributed by atoms with Gasteiger partial charge in [0.05, 0.1) is 13.1 Å². The summed E-state index contributed by atoms with van der Waals surface area (Å²) in [7, 11) is 0.947. The van der Waals surface area contributed by atoms with Crippen molar-refractivity contribution in [2.45, 2.75) is 13.2 Å². The zero-order chi connectivity index (χ0) is 9.84. The molecule has 0 aromatic rings. The molecule has 0 unspecified atom stereocenters. The van der Waals surface area contributed by atoms with Gasteiger partial charge in [-0.05, 0) is 7.05 Å². The van der Waals surface area contributed by atoms with Gasteiger partial charge in [0, 0.05) is 6.32 Å². The molecule has 6 heteroatoms. The third kappa shape index (κ3) is 3.06. The minimum absolute atomic E-state index is 0.131. The Kier molecular flexibility index (Phi) is 3.30. The Morgan fingerprint density at radius 1 is 1.31 bits per heavy atom. The van der Waals surface area contributed by atoms with Crippen LogP contribution < -0.4 is 0 Å². The van der Waals surface area contributed by atoms with E-state index < -0.39 is 7.12 Å². The van der Waals surface area contributed by atoms with Crippen molar-refractivity contribution < 1.29 is 18.9 Å². The van der Waals surface area contributed by atoms with Crippen molar-refractivity contribution in [1.82, 2.24) is 4.90 Å². The number of hydrogen-bond acceptors (Lipinski definition) is 5. The average molecular weight is 185 g/mol. The van der Waals surface area contributed by atoms with Crippen molar-refractivity contribution in [3.05, 3.63) is 0 Å². The van der Waals surface area contributed by atoms with Crippen LogP contribution in [0.3, 0.4) is 0 Å². The number of carbonyl (C=O) groups is 2. The predicted octanol–water partition coefficient (Wildman–Crippen LogP) is -0.474. The van der Waals surface area contributed by atoms with Gasteiger partial charge in [-0.3, -0.25) is 14.5 Å². The molecule has 0 amide bonds. The fourth-order valence-electron chi connectivity index (χ4n) is 1.06. The smallest absolute Gasteiger partial charge is 0.498 e. The predicted molar refractivity (Wildman–Crippen MR) is 45.9 cm³/mol. The Bertz CT molecular complexity index is 201. The lowest BCUT2D eigenvalue weighted by molar-refractivity contribution is -0.145. The molecule has 1 aliphatic heterocycles. The van der Waals surface area contributed by atoms with Crippen LogP contribution in [0.4, 0.5) is 0 Å². The van der Waals surface area contributed by atoms with Gasteiger partial charge in [0.1, 0.15) is 0 Å². The fourth-order valence-corrected chi connectivity index (χ4v) is 1.06. The molecule has 5 nitrogen and oxygen atoms in total. The van der Waals surface area contributed by atoms with Crippen LogP contribution in [-0.4, -0.2) is 44.1 Å². The first kappa shape index (κ1) is 10.0. The van der Waals surface area contributed by atoms with Gasteiger partial charge in [-0.1, -0.05) is 6.92 Å². The summed E-state index contributed by atoms with van der Waals surface area (Å²) in [4.78, 5) is 23.7. The molecule has 0 saturated carbocycles. The second-order valence-electron chi connectivity index (χ2n) is 2.99. The van der Waals surface area contributed by atoms with Crippen LogP contribution in [-0.2, 0) is 18.9 Å². The van der Waals surface area contributed by atoms with Gasteiger partial charge in [-0.15, -0.1) is 0 Å². The summed E-state index contributed by atoms with van der Waals surface area (Å²) in [5.74, 6) is -0.719. The number of nitrogens with zero attached hydrogens (tertiary/aromatic N) is 1. The quantitative estimate of drug-likeness (QED) is 0.516. The van der Waals surface area contributed by atoms with Crippen LogP contribution in [0.25, 0.3) is 0 Å². The molecule has 72 valence electrons. The highest BCUT2D eigenvalue weighted by Gasteiger charge is 2.29. The molecule has 1 aliphatic rings. The standard InChI is InChI=1S/C7H12BNO4/c1-3-8-12-6(10)4-9(2)5-7(11)13-8/h3-5H2,1-2H3. The maximum absolute atomic E-state index is 11.1. The number of carbonyl (C=O) groups excluding carboxylic acids is 2. The minimum atomic E-state index is -0.714. The lowest BCUT2D eigenvalue weighted by atomic mass is 9.86. The van der Waals surface area contributed by atoms with E-state index in [1.54, 1.807) is 18.9 Å². The molecular formula is C7H12BNO4. The number of rotatable bonds is 1. The summed E-state index contributed by atoms with van der Waals surface area (Å²) in [6.07, 6.45) is 0.487. The van der Waals surface area contributed by atoms with Gasteiger partial charge < -0.3 is 9.31 Å². The largest absolute Gasteiger partial charge is 0.598 e. The first-order chi connectivity index (χ1) is 6.11. The van der Waals surface area contributed by atoms with E-state index in [1.807, 2.05) is 0 Å². The normalized spacial score (nSPS) is 20.3. The molecule has 0 radical (unpaired) electrons. The molecule has 0 spiro atoms. The van der Waals surface area contributed by atoms with Gasteiger partial charge in [-0.25, -0.2) is 0 Å². The van der Waals surface area contributed by atoms with E-state index in [-0.39, 0.29) is 25.0 Å². The average Bonchev–Trinajstić information content (AvgIpc) is 1.99. The molecule has 1 heterocycles. The van der Waals surface area contributed by atoms with Crippen molar-refractivity contribution in [1.29, 1.82) is 0 Å². The zero-order valence-electron chi connectivity index (χ0n) is 7.78. The maximum atomic E-state index is 11.1. The van der Waals surface area contributed by atoms with Gasteiger partial charge in [0.25, 0.3) is 0 Å². The van der Waals surface area contributed by atoms with Gasteiger partial charge >= 0.3 is 19.1 Å². The van der Waals surface area contributed by atoms with E-state index in [1.165, 1.54) is 0 Å². The Morgan fingerprint density at radius 3 is 2.15 bits per heavy atom. The van der Waals surface area contributed by atoms with E-state index in [0.29, 0.717) is 6.32 Å². The van der Waals surface area contributed by atoms with E-state index in [0.717, 1.165) is 0 Å². The third-order valence-electron chi connectivity index (χ3n) is 1.66. The van der Waals surface area contributed by atoms with Gasteiger partial charge in [0.2, 0.25) is 0 Å². The zero-order valence-corrected chi connectivity index (χ0v) is 7.78. The molecule has 0 aliphatic carbocycles. The molecule has 1 saturated heterocycles. The Balaban J connectivity index is 2.58. The molecule has 1 fully saturated rings. The first-order valence-corrected chi connectivity index (χ1v) is 4.19. The highest BCUT2D eigenvalue weighted by molar-refractivity contribution is 6.48. The summed E-state index contributed by atoms with van der Waals surface area (Å²) < 4.78 is 9.72. The molecule has 0 atom stereocenters. The second kappa shape index (κ2) is 4.27. The van der Waals surface area contributed by atoms with Crippen LogP contribution in [0.2, 0.25) is 6.32 Å². The van der Waals surface area contributed by atoms with E-state index in [2.05, 4.69) is 0 Å². The van der Waals surface area contributed by atoms with Crippen LogP contribution in [0.15, 0.2) is 0 Å². The first-order valence-electron chi connectivity index (χ1n) is 4.19. The molecule has 0 aromatic carbocycles. The third-order valence-corrected chi connectivity index (χ3v) is 1.66. The summed E-state index contributed by atoms with van der Waals surface area (Å²) in [6.45, 7) is 2.05. The second-order valence-corrected chi connectivity index (χ2v) is 2.99. The molecule has 13 heavy (non-hydrogen) atoms. The maximum Gasteiger partial charge on any atom is 0.598 e. The van der Waals surface area contributed by atoms with Crippen molar-refractivity contribution in [3.8, 4) is 0 Å². The van der Waals surface area contributed by atoms with Crippen LogP contribution in [0, 0.1) is 0 Å². The van der Waals surface area contributed by atoms with Crippen molar-refractivity contribution >= 4 is 19.1 Å². The van der Waals surface area contributed by atoms with E-state index >= 15 is 0 Å². The Hall–Kier alpha value is -1.04. The number of hydrogen-bond donors (Lipinski definition) is 0. The SMILES string of the molecule is CCB1OC(=O)CN(C)CC(=O)O1. The topological polar surface area (TPSA) is 55.8 Å². The molecule has 0 bridgehead atoms. The molecule has 0 N–H and O–H groups in total. The van der Waals surface area contributed by atoms with Gasteiger partial charge in [-0.2, -0.15) is 0 Å². The van der Waals surface area contributed by atoms with Crippen LogP contribution in [0.1, 0.15) is 6.92 Å². The Morgan fingerprint density at radius 2 is 1.77 bits per heavy atom. The highest BCUT2D eigenvalue weighted by atomic mass is 16.6.